The lowest BCUT2D eigenvalue weighted by Crippen LogP contribution is -2.52. The monoisotopic (exact) mass is 421 g/mol. The van der Waals surface area contributed by atoms with Gasteiger partial charge in [0.05, 0.1) is 24.9 Å². The number of hydrogen-bond donors (Lipinski definition) is 1. The average molecular weight is 422 g/mol. The van der Waals surface area contributed by atoms with Crippen molar-refractivity contribution in [2.45, 2.75) is 44.2 Å². The number of nitrogens with zero attached hydrogens (tertiary/aromatic N) is 4. The zero-order valence-corrected chi connectivity index (χ0v) is 17.7. The summed E-state index contributed by atoms with van der Waals surface area (Å²) in [6.07, 6.45) is 8.93. The van der Waals surface area contributed by atoms with Gasteiger partial charge in [-0.2, -0.15) is 5.10 Å². The number of aromatic nitrogens is 2. The molecule has 1 amide bonds. The molecule has 2 aliphatic rings. The maximum atomic E-state index is 12.8. The minimum atomic E-state index is -0.0605. The molecule has 0 radical (unpaired) electrons. The summed E-state index contributed by atoms with van der Waals surface area (Å²) in [5.74, 6) is 0.172. The van der Waals surface area contributed by atoms with E-state index < -0.39 is 0 Å². The van der Waals surface area contributed by atoms with E-state index in [0.717, 1.165) is 31.6 Å². The Balaban J connectivity index is 0.00000182. The Kier molecular flexibility index (Phi) is 10.6. The molecule has 0 unspecified atom stereocenters. The molecule has 27 heavy (non-hydrogen) atoms. The van der Waals surface area contributed by atoms with E-state index in [0.29, 0.717) is 26.1 Å². The van der Waals surface area contributed by atoms with E-state index >= 15 is 0 Å². The quantitative estimate of drug-likeness (QED) is 0.756. The number of piperidine rings is 1. The van der Waals surface area contributed by atoms with Gasteiger partial charge in [-0.05, 0) is 38.9 Å². The van der Waals surface area contributed by atoms with Crippen molar-refractivity contribution < 1.29 is 9.53 Å². The second-order valence-corrected chi connectivity index (χ2v) is 7.14. The summed E-state index contributed by atoms with van der Waals surface area (Å²) in [5.41, 5.74) is 6.65. The summed E-state index contributed by atoms with van der Waals surface area (Å²) in [5, 5.41) is 4.32. The number of aryl methyl sites for hydroxylation is 1. The van der Waals surface area contributed by atoms with Gasteiger partial charge in [-0.25, -0.2) is 0 Å². The van der Waals surface area contributed by atoms with Gasteiger partial charge in [-0.3, -0.25) is 9.48 Å². The van der Waals surface area contributed by atoms with E-state index in [-0.39, 0.29) is 42.9 Å². The van der Waals surface area contributed by atoms with Gasteiger partial charge < -0.3 is 20.3 Å². The maximum Gasteiger partial charge on any atom is 0.223 e. The predicted octanol–water partition coefficient (Wildman–Crippen LogP) is 1.76. The molecule has 7 nitrogen and oxygen atoms in total. The van der Waals surface area contributed by atoms with Crippen LogP contribution in [0.1, 0.15) is 43.7 Å². The summed E-state index contributed by atoms with van der Waals surface area (Å²) in [6.45, 7) is 4.91. The predicted molar refractivity (Wildman–Crippen MR) is 110 cm³/mol. The van der Waals surface area contributed by atoms with Crippen LogP contribution in [-0.4, -0.2) is 70.9 Å². The zero-order chi connectivity index (χ0) is 17.6. The van der Waals surface area contributed by atoms with Crippen LogP contribution in [0.4, 0.5) is 0 Å². The number of nitrogens with two attached hydrogens (primary N) is 1. The minimum Gasteiger partial charge on any atom is -0.373 e. The molecular weight excluding hydrogens is 389 g/mol. The van der Waals surface area contributed by atoms with Crippen molar-refractivity contribution >= 4 is 30.7 Å². The van der Waals surface area contributed by atoms with Crippen molar-refractivity contribution in [1.82, 2.24) is 19.6 Å². The SMILES string of the molecule is Cl.Cl.Cn1cc([C@H]2[C@H](CN3CCCCC3)OCCN2C(=O)CCCN)cn1. The highest BCUT2D eigenvalue weighted by Gasteiger charge is 2.37. The van der Waals surface area contributed by atoms with Crippen molar-refractivity contribution in [2.24, 2.45) is 12.8 Å². The average Bonchev–Trinajstić information content (AvgIpc) is 3.06. The molecule has 0 aromatic carbocycles. The largest absolute Gasteiger partial charge is 0.373 e. The van der Waals surface area contributed by atoms with Gasteiger partial charge in [0.2, 0.25) is 5.91 Å². The molecule has 9 heteroatoms. The molecule has 0 aliphatic carbocycles. The Morgan fingerprint density at radius 1 is 1.26 bits per heavy atom. The van der Waals surface area contributed by atoms with E-state index in [4.69, 9.17) is 10.5 Å². The van der Waals surface area contributed by atoms with E-state index in [9.17, 15) is 4.79 Å². The first kappa shape index (κ1) is 24.2. The molecule has 0 bridgehead atoms. The van der Waals surface area contributed by atoms with Crippen LogP contribution in [0.3, 0.4) is 0 Å². The lowest BCUT2D eigenvalue weighted by atomic mass is 9.98. The van der Waals surface area contributed by atoms with Crippen molar-refractivity contribution in [2.75, 3.05) is 39.3 Å². The summed E-state index contributed by atoms with van der Waals surface area (Å²) in [6, 6.07) is -0.0605. The summed E-state index contributed by atoms with van der Waals surface area (Å²) < 4.78 is 7.94. The van der Waals surface area contributed by atoms with E-state index in [1.807, 2.05) is 24.3 Å². The lowest BCUT2D eigenvalue weighted by Gasteiger charge is -2.43. The topological polar surface area (TPSA) is 76.6 Å². The van der Waals surface area contributed by atoms with Gasteiger partial charge in [0.25, 0.3) is 0 Å². The van der Waals surface area contributed by atoms with Crippen molar-refractivity contribution in [3.8, 4) is 0 Å². The Bertz CT molecular complexity index is 566. The molecule has 0 saturated carbocycles. The molecule has 3 heterocycles. The molecule has 3 rings (SSSR count). The molecule has 2 aliphatic heterocycles. The second-order valence-electron chi connectivity index (χ2n) is 7.14. The number of carbonyl (C=O) groups is 1. The van der Waals surface area contributed by atoms with Crippen LogP contribution in [-0.2, 0) is 16.6 Å². The fourth-order valence-electron chi connectivity index (χ4n) is 3.95. The molecule has 0 spiro atoms. The zero-order valence-electron chi connectivity index (χ0n) is 16.1. The standard InChI is InChI=1S/C18H31N5O2.2ClH/c1-21-13-15(12-20-21)18-16(14-22-8-3-2-4-9-22)25-11-10-23(18)17(24)6-5-7-19;;/h12-13,16,18H,2-11,14,19H2,1H3;2*1H/t16-,18-;;/m0../s1. The van der Waals surface area contributed by atoms with Gasteiger partial charge in [0.15, 0.2) is 0 Å². The molecule has 1 aromatic heterocycles. The molecule has 2 fully saturated rings. The number of halogens is 2. The van der Waals surface area contributed by atoms with Crippen molar-refractivity contribution in [3.05, 3.63) is 18.0 Å². The van der Waals surface area contributed by atoms with Crippen LogP contribution < -0.4 is 5.73 Å². The first-order valence-electron chi connectivity index (χ1n) is 9.51. The maximum absolute atomic E-state index is 12.8. The first-order chi connectivity index (χ1) is 12.2. The number of amides is 1. The fourth-order valence-corrected chi connectivity index (χ4v) is 3.95. The van der Waals surface area contributed by atoms with E-state index in [1.165, 1.54) is 19.3 Å². The number of carbonyl (C=O) groups excluding carboxylic acids is 1. The van der Waals surface area contributed by atoms with Crippen molar-refractivity contribution in [3.63, 3.8) is 0 Å². The number of rotatable bonds is 6. The number of ether oxygens (including phenoxy) is 1. The molecule has 2 atom stereocenters. The third-order valence-corrected chi connectivity index (χ3v) is 5.22. The summed E-state index contributed by atoms with van der Waals surface area (Å²) in [4.78, 5) is 17.2. The normalized spacial score (nSPS) is 23.4. The Morgan fingerprint density at radius 3 is 2.63 bits per heavy atom. The highest BCUT2D eigenvalue weighted by atomic mass is 35.5. The molecule has 1 aromatic rings. The second kappa shape index (κ2) is 11.9. The Hall–Kier alpha value is -0.860. The Labute approximate surface area is 174 Å². The molecule has 2 saturated heterocycles. The number of hydrogen-bond acceptors (Lipinski definition) is 5. The fraction of sp³-hybridized carbons (Fsp3) is 0.778. The van der Waals surface area contributed by atoms with Crippen LogP contribution in [0.5, 0.6) is 0 Å². The van der Waals surface area contributed by atoms with Gasteiger partial charge in [-0.15, -0.1) is 24.8 Å². The van der Waals surface area contributed by atoms with Crippen LogP contribution in [0.2, 0.25) is 0 Å². The van der Waals surface area contributed by atoms with Gasteiger partial charge in [0, 0.05) is 38.3 Å². The van der Waals surface area contributed by atoms with Crippen LogP contribution in [0.25, 0.3) is 0 Å². The summed E-state index contributed by atoms with van der Waals surface area (Å²) >= 11 is 0. The van der Waals surface area contributed by atoms with Crippen LogP contribution in [0, 0.1) is 0 Å². The first-order valence-corrected chi connectivity index (χ1v) is 9.51. The third-order valence-electron chi connectivity index (χ3n) is 5.22. The lowest BCUT2D eigenvalue weighted by molar-refractivity contribution is -0.148. The molecule has 156 valence electrons. The third kappa shape index (κ3) is 6.32. The van der Waals surface area contributed by atoms with Crippen LogP contribution >= 0.6 is 24.8 Å². The molecule has 2 N–H and O–H groups in total. The van der Waals surface area contributed by atoms with Gasteiger partial charge in [0.1, 0.15) is 0 Å². The smallest absolute Gasteiger partial charge is 0.223 e. The minimum absolute atomic E-state index is 0. The van der Waals surface area contributed by atoms with E-state index in [1.54, 1.807) is 4.68 Å². The highest BCUT2D eigenvalue weighted by molar-refractivity contribution is 5.85. The van der Waals surface area contributed by atoms with Crippen LogP contribution in [0.15, 0.2) is 12.4 Å². The Morgan fingerprint density at radius 2 is 2.00 bits per heavy atom. The summed E-state index contributed by atoms with van der Waals surface area (Å²) in [7, 11) is 1.91. The molecular formula is C18H33Cl2N5O2. The van der Waals surface area contributed by atoms with Gasteiger partial charge >= 0.3 is 0 Å². The number of likely N-dealkylation sites (tertiary alicyclic amines) is 1. The van der Waals surface area contributed by atoms with Gasteiger partial charge in [-0.1, -0.05) is 6.42 Å². The number of morpholine rings is 1. The highest BCUT2D eigenvalue weighted by Crippen LogP contribution is 2.31. The van der Waals surface area contributed by atoms with Crippen molar-refractivity contribution in [1.29, 1.82) is 0 Å². The van der Waals surface area contributed by atoms with E-state index in [2.05, 4.69) is 10.00 Å².